The number of ketones is 1. The Hall–Kier alpha value is -2.10. The molecular formula is C15H16N2O2. The average Bonchev–Trinajstić information content (AvgIpc) is 2.90. The van der Waals surface area contributed by atoms with E-state index in [1.807, 2.05) is 24.3 Å². The van der Waals surface area contributed by atoms with Gasteiger partial charge in [-0.1, -0.05) is 18.2 Å². The van der Waals surface area contributed by atoms with Crippen molar-refractivity contribution in [3.63, 3.8) is 0 Å². The van der Waals surface area contributed by atoms with Crippen LogP contribution in [0.2, 0.25) is 0 Å². The standard InChI is InChI=1S/C15H16N2O2/c18-14(15(19)17-8-4-1-5-9-17)13-10-11-6-2-3-7-12(11)16-13/h2-3,6-7,10,16H,1,4-5,8-9H2. The number of amides is 1. The van der Waals surface area contributed by atoms with Crippen LogP contribution in [0.5, 0.6) is 0 Å². The fourth-order valence-electron chi connectivity index (χ4n) is 2.55. The van der Waals surface area contributed by atoms with Gasteiger partial charge in [-0.3, -0.25) is 9.59 Å². The van der Waals surface area contributed by atoms with E-state index in [0.29, 0.717) is 18.8 Å². The second-order valence-corrected chi connectivity index (χ2v) is 4.95. The molecule has 0 radical (unpaired) electrons. The van der Waals surface area contributed by atoms with Gasteiger partial charge in [-0.25, -0.2) is 0 Å². The van der Waals surface area contributed by atoms with Crippen LogP contribution in [0.15, 0.2) is 30.3 Å². The summed E-state index contributed by atoms with van der Waals surface area (Å²) in [5.41, 5.74) is 1.27. The number of nitrogens with one attached hydrogen (secondary N) is 1. The summed E-state index contributed by atoms with van der Waals surface area (Å²) < 4.78 is 0. The van der Waals surface area contributed by atoms with E-state index in [2.05, 4.69) is 4.98 Å². The van der Waals surface area contributed by atoms with Gasteiger partial charge in [-0.2, -0.15) is 0 Å². The first-order chi connectivity index (χ1) is 9.25. The van der Waals surface area contributed by atoms with E-state index < -0.39 is 5.78 Å². The van der Waals surface area contributed by atoms with Crippen LogP contribution >= 0.6 is 0 Å². The Morgan fingerprint density at radius 1 is 1.05 bits per heavy atom. The Morgan fingerprint density at radius 3 is 2.53 bits per heavy atom. The normalized spacial score (nSPS) is 15.7. The molecule has 2 heterocycles. The number of H-pyrrole nitrogens is 1. The summed E-state index contributed by atoms with van der Waals surface area (Å²) in [6, 6.07) is 9.39. The van der Waals surface area contributed by atoms with Crippen molar-refractivity contribution in [1.29, 1.82) is 0 Å². The Kier molecular flexibility index (Phi) is 3.07. The molecule has 0 atom stereocenters. The minimum absolute atomic E-state index is 0.383. The van der Waals surface area contributed by atoms with E-state index in [4.69, 9.17) is 0 Å². The SMILES string of the molecule is O=C(C(=O)N1CCCCC1)c1cc2ccccc2[nH]1. The predicted octanol–water partition coefficient (Wildman–Crippen LogP) is 2.36. The fourth-order valence-corrected chi connectivity index (χ4v) is 2.55. The summed E-state index contributed by atoms with van der Waals surface area (Å²) in [6.45, 7) is 1.40. The third-order valence-electron chi connectivity index (χ3n) is 3.61. The number of hydrogen-bond donors (Lipinski definition) is 1. The zero-order valence-corrected chi connectivity index (χ0v) is 10.7. The molecule has 1 fully saturated rings. The number of benzene rings is 1. The molecule has 19 heavy (non-hydrogen) atoms. The quantitative estimate of drug-likeness (QED) is 0.662. The van der Waals surface area contributed by atoms with Crippen molar-refractivity contribution in [3.05, 3.63) is 36.0 Å². The maximum absolute atomic E-state index is 12.2. The summed E-state index contributed by atoms with van der Waals surface area (Å²) in [6.07, 6.45) is 3.13. The number of para-hydroxylation sites is 1. The molecule has 1 saturated heterocycles. The average molecular weight is 256 g/mol. The number of piperidine rings is 1. The first kappa shape index (κ1) is 12.0. The molecule has 0 saturated carbocycles. The summed E-state index contributed by atoms with van der Waals surface area (Å²) in [5.74, 6) is -0.815. The summed E-state index contributed by atoms with van der Waals surface area (Å²) in [4.78, 5) is 29.0. The highest BCUT2D eigenvalue weighted by molar-refractivity contribution is 6.42. The molecule has 0 aliphatic carbocycles. The summed E-state index contributed by atoms with van der Waals surface area (Å²) >= 11 is 0. The van der Waals surface area contributed by atoms with E-state index in [1.165, 1.54) is 0 Å². The van der Waals surface area contributed by atoms with Crippen molar-refractivity contribution in [2.75, 3.05) is 13.1 Å². The van der Waals surface area contributed by atoms with Crippen molar-refractivity contribution in [3.8, 4) is 0 Å². The van der Waals surface area contributed by atoms with Gasteiger partial charge in [0, 0.05) is 24.0 Å². The van der Waals surface area contributed by atoms with Crippen molar-refractivity contribution >= 4 is 22.6 Å². The highest BCUT2D eigenvalue weighted by Crippen LogP contribution is 2.16. The van der Waals surface area contributed by atoms with Crippen LogP contribution in [0.1, 0.15) is 29.8 Å². The number of nitrogens with zero attached hydrogens (tertiary/aromatic N) is 1. The number of hydrogen-bond acceptors (Lipinski definition) is 2. The van der Waals surface area contributed by atoms with Crippen LogP contribution in [0, 0.1) is 0 Å². The number of likely N-dealkylation sites (tertiary alicyclic amines) is 1. The van der Waals surface area contributed by atoms with Gasteiger partial charge >= 0.3 is 0 Å². The number of carbonyl (C=O) groups excluding carboxylic acids is 2. The molecule has 2 aromatic rings. The number of aromatic nitrogens is 1. The molecule has 0 bridgehead atoms. The number of rotatable bonds is 2. The smallest absolute Gasteiger partial charge is 0.296 e. The largest absolute Gasteiger partial charge is 0.352 e. The van der Waals surface area contributed by atoms with E-state index in [-0.39, 0.29) is 5.91 Å². The Balaban J connectivity index is 1.84. The number of fused-ring (bicyclic) bond motifs is 1. The molecule has 0 spiro atoms. The second kappa shape index (κ2) is 4.88. The lowest BCUT2D eigenvalue weighted by molar-refractivity contribution is -0.127. The maximum Gasteiger partial charge on any atom is 0.296 e. The fraction of sp³-hybridized carbons (Fsp3) is 0.333. The van der Waals surface area contributed by atoms with Gasteiger partial charge in [0.2, 0.25) is 0 Å². The van der Waals surface area contributed by atoms with Crippen LogP contribution in [0.4, 0.5) is 0 Å². The van der Waals surface area contributed by atoms with E-state index in [1.54, 1.807) is 11.0 Å². The molecule has 3 rings (SSSR count). The van der Waals surface area contributed by atoms with Crippen molar-refractivity contribution in [2.24, 2.45) is 0 Å². The molecule has 1 aromatic carbocycles. The Bertz CT molecular complexity index is 591. The molecular weight excluding hydrogens is 240 g/mol. The van der Waals surface area contributed by atoms with E-state index in [9.17, 15) is 9.59 Å². The van der Waals surface area contributed by atoms with Crippen LogP contribution in [0.25, 0.3) is 10.9 Å². The Morgan fingerprint density at radius 2 is 1.79 bits per heavy atom. The van der Waals surface area contributed by atoms with Gasteiger partial charge < -0.3 is 9.88 Å². The first-order valence-electron chi connectivity index (χ1n) is 6.67. The minimum Gasteiger partial charge on any atom is -0.352 e. The van der Waals surface area contributed by atoms with Gasteiger partial charge in [0.15, 0.2) is 0 Å². The second-order valence-electron chi connectivity index (χ2n) is 4.95. The lowest BCUT2D eigenvalue weighted by atomic mass is 10.1. The van der Waals surface area contributed by atoms with Crippen LogP contribution in [-0.4, -0.2) is 34.7 Å². The van der Waals surface area contributed by atoms with Gasteiger partial charge in [0.25, 0.3) is 11.7 Å². The maximum atomic E-state index is 12.2. The molecule has 98 valence electrons. The van der Waals surface area contributed by atoms with Crippen molar-refractivity contribution in [2.45, 2.75) is 19.3 Å². The number of aromatic amines is 1. The molecule has 4 heteroatoms. The molecule has 1 N–H and O–H groups in total. The molecule has 4 nitrogen and oxygen atoms in total. The molecule has 1 amide bonds. The highest BCUT2D eigenvalue weighted by Gasteiger charge is 2.25. The first-order valence-corrected chi connectivity index (χ1v) is 6.67. The zero-order valence-electron chi connectivity index (χ0n) is 10.7. The van der Waals surface area contributed by atoms with Crippen molar-refractivity contribution < 1.29 is 9.59 Å². The van der Waals surface area contributed by atoms with E-state index >= 15 is 0 Å². The van der Waals surface area contributed by atoms with Crippen LogP contribution in [-0.2, 0) is 4.79 Å². The lowest BCUT2D eigenvalue weighted by Crippen LogP contribution is -2.40. The number of carbonyl (C=O) groups is 2. The minimum atomic E-state index is -0.432. The molecule has 1 aromatic heterocycles. The summed E-state index contributed by atoms with van der Waals surface area (Å²) in [7, 11) is 0. The third-order valence-corrected chi connectivity index (χ3v) is 3.61. The molecule has 1 aliphatic rings. The van der Waals surface area contributed by atoms with Gasteiger partial charge in [0.1, 0.15) is 0 Å². The van der Waals surface area contributed by atoms with Gasteiger partial charge in [-0.15, -0.1) is 0 Å². The summed E-state index contributed by atoms with van der Waals surface area (Å²) in [5, 5.41) is 0.956. The van der Waals surface area contributed by atoms with Crippen LogP contribution < -0.4 is 0 Å². The molecule has 0 unspecified atom stereocenters. The predicted molar refractivity (Wildman–Crippen MR) is 73.1 cm³/mol. The zero-order chi connectivity index (χ0) is 13.2. The topological polar surface area (TPSA) is 53.2 Å². The monoisotopic (exact) mass is 256 g/mol. The third kappa shape index (κ3) is 2.26. The lowest BCUT2D eigenvalue weighted by Gasteiger charge is -2.25. The number of Topliss-reactive ketones (excluding diaryl/α,β-unsaturated/α-hetero) is 1. The van der Waals surface area contributed by atoms with Gasteiger partial charge in [0.05, 0.1) is 5.69 Å². The van der Waals surface area contributed by atoms with Gasteiger partial charge in [-0.05, 0) is 31.4 Å². The highest BCUT2D eigenvalue weighted by atomic mass is 16.2. The van der Waals surface area contributed by atoms with E-state index in [0.717, 1.165) is 30.2 Å². The molecule has 1 aliphatic heterocycles. The Labute approximate surface area is 111 Å². The van der Waals surface area contributed by atoms with Crippen molar-refractivity contribution in [1.82, 2.24) is 9.88 Å². The van der Waals surface area contributed by atoms with Crippen LogP contribution in [0.3, 0.4) is 0 Å².